The summed E-state index contributed by atoms with van der Waals surface area (Å²) < 4.78 is 27.2. The first-order valence-electron chi connectivity index (χ1n) is 13.0. The summed E-state index contributed by atoms with van der Waals surface area (Å²) in [6.07, 6.45) is 6.89. The van der Waals surface area contributed by atoms with Gasteiger partial charge in [0, 0.05) is 63.5 Å². The first kappa shape index (κ1) is 24.6. The van der Waals surface area contributed by atoms with E-state index in [1.807, 2.05) is 19.3 Å². The molecule has 1 aromatic heterocycles. The number of carbonyl (C=O) groups excluding carboxylic acids is 2. The van der Waals surface area contributed by atoms with Gasteiger partial charge in [-0.3, -0.25) is 24.4 Å². The fraction of sp³-hybridized carbons (Fsp3) is 0.731. The van der Waals surface area contributed by atoms with Gasteiger partial charge in [0.05, 0.1) is 12.0 Å². The molecule has 2 atom stereocenters. The molecule has 0 bridgehead atoms. The number of aryl methyl sites for hydroxylation is 1. The van der Waals surface area contributed by atoms with Gasteiger partial charge in [0.2, 0.25) is 17.7 Å². The number of aromatic nitrogens is 1. The predicted octanol–water partition coefficient (Wildman–Crippen LogP) is 2.72. The van der Waals surface area contributed by atoms with Gasteiger partial charge in [-0.15, -0.1) is 0 Å². The second-order valence-electron chi connectivity index (χ2n) is 11.2. The van der Waals surface area contributed by atoms with Crippen molar-refractivity contribution in [3.05, 3.63) is 29.6 Å². The van der Waals surface area contributed by atoms with E-state index >= 15 is 0 Å². The smallest absolute Gasteiger partial charge is 0.248 e. The van der Waals surface area contributed by atoms with Gasteiger partial charge in [-0.25, -0.2) is 8.78 Å². The summed E-state index contributed by atoms with van der Waals surface area (Å²) in [6.45, 7) is 5.07. The highest BCUT2D eigenvalue weighted by Gasteiger charge is 2.50. The van der Waals surface area contributed by atoms with Crippen molar-refractivity contribution in [3.8, 4) is 0 Å². The van der Waals surface area contributed by atoms with E-state index in [0.29, 0.717) is 32.2 Å². The van der Waals surface area contributed by atoms with Crippen molar-refractivity contribution >= 4 is 11.8 Å². The SMILES string of the molecule is Cc1ccncc1CN1CCC2(CC1)CC(=O)N1C[C@@H](N(C)C3CCC(F)(F)CC3)C[C@H]1C(=O)N2. The molecule has 192 valence electrons. The van der Waals surface area contributed by atoms with Crippen LogP contribution in [0.2, 0.25) is 0 Å². The summed E-state index contributed by atoms with van der Waals surface area (Å²) in [5.41, 5.74) is 1.96. The van der Waals surface area contributed by atoms with Gasteiger partial charge in [-0.1, -0.05) is 0 Å². The Morgan fingerprint density at radius 1 is 1.14 bits per heavy atom. The van der Waals surface area contributed by atoms with Gasteiger partial charge in [0.15, 0.2) is 0 Å². The summed E-state index contributed by atoms with van der Waals surface area (Å²) >= 11 is 0. The van der Waals surface area contributed by atoms with Gasteiger partial charge in [0.25, 0.3) is 0 Å². The Balaban J connectivity index is 1.19. The standard InChI is InChI=1S/C26H37F2N5O2/c1-18-5-10-29-15-19(18)16-32-11-8-25(9-12-32)14-23(34)33-17-21(13-22(33)24(35)30-25)31(2)20-3-6-26(27,28)7-4-20/h5,10,15,20-22H,3-4,6-9,11-14,16-17H2,1-2H3,(H,30,35)/t21-,22-/m0/s1. The zero-order valence-corrected chi connectivity index (χ0v) is 20.8. The number of likely N-dealkylation sites (N-methyl/N-ethyl adjacent to an activating group) is 1. The number of piperidine rings is 1. The van der Waals surface area contributed by atoms with Crippen LogP contribution in [-0.4, -0.2) is 87.8 Å². The van der Waals surface area contributed by atoms with E-state index in [9.17, 15) is 18.4 Å². The lowest BCUT2D eigenvalue weighted by molar-refractivity contribution is -0.135. The average Bonchev–Trinajstić information content (AvgIpc) is 3.24. The van der Waals surface area contributed by atoms with Crippen molar-refractivity contribution < 1.29 is 18.4 Å². The number of nitrogens with one attached hydrogen (secondary N) is 1. The summed E-state index contributed by atoms with van der Waals surface area (Å²) in [6, 6.07) is 1.67. The molecule has 0 unspecified atom stereocenters. The van der Waals surface area contributed by atoms with Crippen LogP contribution in [0.1, 0.15) is 62.5 Å². The lowest BCUT2D eigenvalue weighted by atomic mass is 9.83. The maximum Gasteiger partial charge on any atom is 0.248 e. The monoisotopic (exact) mass is 489 g/mol. The third-order valence-corrected chi connectivity index (χ3v) is 8.97. The molecule has 1 saturated carbocycles. The number of fused-ring (bicyclic) bond motifs is 1. The van der Waals surface area contributed by atoms with Gasteiger partial charge in [0.1, 0.15) is 6.04 Å². The Morgan fingerprint density at radius 3 is 2.54 bits per heavy atom. The molecule has 35 heavy (non-hydrogen) atoms. The number of carbonyl (C=O) groups is 2. The molecule has 1 spiro atoms. The largest absolute Gasteiger partial charge is 0.348 e. The van der Waals surface area contributed by atoms with Gasteiger partial charge < -0.3 is 10.2 Å². The van der Waals surface area contributed by atoms with Gasteiger partial charge in [-0.05, 0) is 63.3 Å². The number of alkyl halides is 2. The zero-order chi connectivity index (χ0) is 24.8. The molecular formula is C26H37F2N5O2. The molecule has 0 radical (unpaired) electrons. The molecule has 1 N–H and O–H groups in total. The second-order valence-corrected chi connectivity index (χ2v) is 11.2. The summed E-state index contributed by atoms with van der Waals surface area (Å²) in [4.78, 5) is 37.2. The number of likely N-dealkylation sites (tertiary alicyclic amines) is 1. The Kier molecular flexibility index (Phi) is 6.59. The van der Waals surface area contributed by atoms with Crippen molar-refractivity contribution in [2.75, 3.05) is 26.7 Å². The molecule has 7 nitrogen and oxygen atoms in total. The van der Waals surface area contributed by atoms with Crippen LogP contribution in [0.15, 0.2) is 18.5 Å². The third kappa shape index (κ3) is 5.07. The molecule has 3 aliphatic heterocycles. The van der Waals surface area contributed by atoms with Crippen molar-refractivity contribution in [2.45, 2.75) is 94.4 Å². The van der Waals surface area contributed by atoms with Crippen LogP contribution in [0.3, 0.4) is 0 Å². The lowest BCUT2D eigenvalue weighted by Gasteiger charge is -2.41. The number of halogens is 2. The van der Waals surface area contributed by atoms with E-state index in [2.05, 4.69) is 27.0 Å². The van der Waals surface area contributed by atoms with Crippen molar-refractivity contribution in [2.24, 2.45) is 0 Å². The van der Waals surface area contributed by atoms with E-state index in [1.165, 1.54) is 11.1 Å². The van der Waals surface area contributed by atoms with Gasteiger partial charge in [-0.2, -0.15) is 0 Å². The van der Waals surface area contributed by atoms with E-state index < -0.39 is 17.5 Å². The minimum absolute atomic E-state index is 0.0324. The van der Waals surface area contributed by atoms with E-state index in [0.717, 1.165) is 32.5 Å². The molecule has 1 aromatic rings. The maximum atomic E-state index is 13.6. The number of pyridine rings is 1. The molecule has 5 rings (SSSR count). The summed E-state index contributed by atoms with van der Waals surface area (Å²) in [7, 11) is 1.97. The number of rotatable bonds is 4. The first-order chi connectivity index (χ1) is 16.6. The zero-order valence-electron chi connectivity index (χ0n) is 20.8. The molecular weight excluding hydrogens is 452 g/mol. The maximum absolute atomic E-state index is 13.6. The topological polar surface area (TPSA) is 68.8 Å². The number of nitrogens with zero attached hydrogens (tertiary/aromatic N) is 4. The molecule has 4 heterocycles. The Bertz CT molecular complexity index is 927. The van der Waals surface area contributed by atoms with Crippen LogP contribution >= 0.6 is 0 Å². The van der Waals surface area contributed by atoms with Crippen LogP contribution in [-0.2, 0) is 16.1 Å². The molecule has 2 amide bonds. The number of amides is 2. The van der Waals surface area contributed by atoms with E-state index in [4.69, 9.17) is 0 Å². The van der Waals surface area contributed by atoms with Crippen LogP contribution in [0.25, 0.3) is 0 Å². The molecule has 3 saturated heterocycles. The Hall–Kier alpha value is -2.13. The van der Waals surface area contributed by atoms with Crippen molar-refractivity contribution in [1.29, 1.82) is 0 Å². The highest BCUT2D eigenvalue weighted by Crippen LogP contribution is 2.38. The van der Waals surface area contributed by atoms with E-state index in [-0.39, 0.29) is 36.7 Å². The summed E-state index contributed by atoms with van der Waals surface area (Å²) in [5, 5.41) is 3.28. The van der Waals surface area contributed by atoms with Crippen LogP contribution < -0.4 is 5.32 Å². The van der Waals surface area contributed by atoms with Crippen molar-refractivity contribution in [1.82, 2.24) is 25.0 Å². The van der Waals surface area contributed by atoms with Crippen molar-refractivity contribution in [3.63, 3.8) is 0 Å². The first-order valence-corrected chi connectivity index (χ1v) is 13.0. The molecule has 1 aliphatic carbocycles. The highest BCUT2D eigenvalue weighted by atomic mass is 19.3. The molecule has 4 aliphatic rings. The molecule has 0 aromatic carbocycles. The summed E-state index contributed by atoms with van der Waals surface area (Å²) in [5.74, 6) is -2.58. The van der Waals surface area contributed by atoms with Crippen LogP contribution in [0.4, 0.5) is 8.78 Å². The number of hydrogen-bond acceptors (Lipinski definition) is 5. The number of hydrogen-bond donors (Lipinski definition) is 1. The lowest BCUT2D eigenvalue weighted by Crippen LogP contribution is -2.56. The van der Waals surface area contributed by atoms with Gasteiger partial charge >= 0.3 is 0 Å². The Morgan fingerprint density at radius 2 is 1.86 bits per heavy atom. The highest BCUT2D eigenvalue weighted by molar-refractivity contribution is 5.92. The average molecular weight is 490 g/mol. The molecule has 4 fully saturated rings. The van der Waals surface area contributed by atoms with Crippen LogP contribution in [0, 0.1) is 6.92 Å². The fourth-order valence-electron chi connectivity index (χ4n) is 6.49. The fourth-order valence-corrected chi connectivity index (χ4v) is 6.49. The minimum atomic E-state index is -2.56. The normalized spacial score (nSPS) is 29.3. The quantitative estimate of drug-likeness (QED) is 0.705. The second kappa shape index (κ2) is 9.39. The molecule has 9 heteroatoms. The minimum Gasteiger partial charge on any atom is -0.348 e. The van der Waals surface area contributed by atoms with Crippen LogP contribution in [0.5, 0.6) is 0 Å². The van der Waals surface area contributed by atoms with E-state index in [1.54, 1.807) is 11.1 Å². The predicted molar refractivity (Wildman–Crippen MR) is 128 cm³/mol. The Labute approximate surface area is 206 Å². The third-order valence-electron chi connectivity index (χ3n) is 8.97.